The van der Waals surface area contributed by atoms with Gasteiger partial charge in [0.1, 0.15) is 5.76 Å². The Morgan fingerprint density at radius 1 is 1.03 bits per heavy atom. The van der Waals surface area contributed by atoms with Crippen molar-refractivity contribution in [2.24, 2.45) is 0 Å². The van der Waals surface area contributed by atoms with Crippen LogP contribution in [0.3, 0.4) is 0 Å². The molecule has 0 saturated heterocycles. The summed E-state index contributed by atoms with van der Waals surface area (Å²) in [5.74, 6) is -0.0357. The third-order valence-corrected chi connectivity index (χ3v) is 6.10. The normalized spacial score (nSPS) is 11.4. The number of amides is 1. The average Bonchev–Trinajstić information content (AvgIpc) is 3.17. The lowest BCUT2D eigenvalue weighted by Crippen LogP contribution is -2.24. The first-order chi connectivity index (χ1) is 13.8. The number of hydrogen-bond acceptors (Lipinski definition) is 4. The Bertz CT molecular complexity index is 1140. The van der Waals surface area contributed by atoms with Gasteiger partial charge in [-0.1, -0.05) is 47.5 Å². The first-order valence-electron chi connectivity index (χ1n) is 8.60. The summed E-state index contributed by atoms with van der Waals surface area (Å²) in [5.41, 5.74) is 1.93. The van der Waals surface area contributed by atoms with Crippen LogP contribution in [0.4, 0.5) is 0 Å². The van der Waals surface area contributed by atoms with Crippen molar-refractivity contribution in [3.63, 3.8) is 0 Å². The molecule has 0 unspecified atom stereocenters. The Morgan fingerprint density at radius 2 is 1.76 bits per heavy atom. The van der Waals surface area contributed by atoms with Crippen molar-refractivity contribution in [2.45, 2.75) is 12.3 Å². The highest BCUT2D eigenvalue weighted by Crippen LogP contribution is 2.31. The van der Waals surface area contributed by atoms with Crippen molar-refractivity contribution in [3.8, 4) is 11.3 Å². The summed E-state index contributed by atoms with van der Waals surface area (Å²) in [7, 11) is -2.06. The molecule has 3 rings (SSSR count). The summed E-state index contributed by atoms with van der Waals surface area (Å²) in [6, 6.07) is 15.2. The van der Waals surface area contributed by atoms with E-state index in [1.54, 1.807) is 54.6 Å². The second kappa shape index (κ2) is 9.00. The van der Waals surface area contributed by atoms with Crippen LogP contribution in [0, 0.1) is 0 Å². The number of halogens is 2. The number of rotatable bonds is 7. The van der Waals surface area contributed by atoms with Crippen molar-refractivity contribution < 1.29 is 17.6 Å². The molecule has 6 nitrogen and oxygen atoms in total. The molecule has 3 aromatic rings. The van der Waals surface area contributed by atoms with Crippen molar-refractivity contribution in [3.05, 3.63) is 81.5 Å². The van der Waals surface area contributed by atoms with E-state index in [1.165, 1.54) is 7.05 Å². The summed E-state index contributed by atoms with van der Waals surface area (Å²) < 4.78 is 31.6. The van der Waals surface area contributed by atoms with Crippen LogP contribution in [0.25, 0.3) is 11.3 Å². The molecule has 0 radical (unpaired) electrons. The maximum absolute atomic E-state index is 12.5. The topological polar surface area (TPSA) is 88.4 Å². The Balaban J connectivity index is 1.72. The van der Waals surface area contributed by atoms with Crippen molar-refractivity contribution in [1.29, 1.82) is 0 Å². The number of benzene rings is 2. The summed E-state index contributed by atoms with van der Waals surface area (Å²) in [6.07, 6.45) is 0. The van der Waals surface area contributed by atoms with Gasteiger partial charge in [0.05, 0.1) is 10.8 Å². The fraction of sp³-hybridized carbons (Fsp3) is 0.150. The van der Waals surface area contributed by atoms with Gasteiger partial charge in [0.25, 0.3) is 5.91 Å². The molecule has 1 aromatic heterocycles. The number of hydrogen-bond donors (Lipinski definition) is 2. The lowest BCUT2D eigenvalue weighted by Gasteiger charge is -2.10. The van der Waals surface area contributed by atoms with Crippen LogP contribution < -0.4 is 10.0 Å². The van der Waals surface area contributed by atoms with Gasteiger partial charge in [-0.25, -0.2) is 13.1 Å². The van der Waals surface area contributed by atoms with E-state index in [-0.39, 0.29) is 18.1 Å². The van der Waals surface area contributed by atoms with Crippen molar-refractivity contribution >= 4 is 39.1 Å². The van der Waals surface area contributed by atoms with Crippen LogP contribution in [0.1, 0.15) is 21.7 Å². The van der Waals surface area contributed by atoms with Crippen LogP contribution in [0.15, 0.2) is 59.0 Å². The van der Waals surface area contributed by atoms with Gasteiger partial charge in [0.2, 0.25) is 10.0 Å². The molecule has 1 amide bonds. The molecular formula is C20H18Cl2N2O4S. The Morgan fingerprint density at radius 3 is 2.45 bits per heavy atom. The fourth-order valence-corrected chi connectivity index (χ4v) is 4.04. The zero-order valence-electron chi connectivity index (χ0n) is 15.4. The van der Waals surface area contributed by atoms with E-state index in [4.69, 9.17) is 27.6 Å². The van der Waals surface area contributed by atoms with E-state index in [9.17, 15) is 13.2 Å². The number of sulfonamides is 1. The molecule has 0 fully saturated rings. The van der Waals surface area contributed by atoms with Crippen molar-refractivity contribution in [2.75, 3.05) is 7.05 Å². The van der Waals surface area contributed by atoms with Crippen LogP contribution in [-0.2, 0) is 22.3 Å². The molecule has 9 heteroatoms. The number of furan rings is 1. The zero-order chi connectivity index (χ0) is 21.0. The molecule has 2 N–H and O–H groups in total. The third kappa shape index (κ3) is 5.39. The molecule has 0 atom stereocenters. The van der Waals surface area contributed by atoms with E-state index in [0.29, 0.717) is 32.5 Å². The highest BCUT2D eigenvalue weighted by Gasteiger charge is 2.16. The van der Waals surface area contributed by atoms with Gasteiger partial charge in [-0.15, -0.1) is 0 Å². The predicted octanol–water partition coefficient (Wildman–Crippen LogP) is 4.23. The van der Waals surface area contributed by atoms with E-state index in [0.717, 1.165) is 0 Å². The molecule has 0 saturated carbocycles. The minimum Gasteiger partial charge on any atom is -0.451 e. The number of carbonyl (C=O) groups excluding carboxylic acids is 1. The summed E-state index contributed by atoms with van der Waals surface area (Å²) in [6.45, 7) is 0.159. The van der Waals surface area contributed by atoms with Crippen LogP contribution in [0.2, 0.25) is 10.0 Å². The van der Waals surface area contributed by atoms with Gasteiger partial charge in [-0.3, -0.25) is 4.79 Å². The van der Waals surface area contributed by atoms with Gasteiger partial charge >= 0.3 is 0 Å². The molecule has 0 spiro atoms. The van der Waals surface area contributed by atoms with E-state index in [1.807, 2.05) is 0 Å². The zero-order valence-corrected chi connectivity index (χ0v) is 17.7. The largest absolute Gasteiger partial charge is 0.451 e. The van der Waals surface area contributed by atoms with Gasteiger partial charge in [0, 0.05) is 17.1 Å². The lowest BCUT2D eigenvalue weighted by molar-refractivity contribution is 0.0924. The molecule has 2 aromatic carbocycles. The minimum atomic E-state index is -3.42. The second-order valence-corrected chi connectivity index (χ2v) is 8.97. The van der Waals surface area contributed by atoms with Gasteiger partial charge in [0.15, 0.2) is 5.76 Å². The monoisotopic (exact) mass is 452 g/mol. The Labute approximate surface area is 178 Å². The van der Waals surface area contributed by atoms with Crippen LogP contribution in [0.5, 0.6) is 0 Å². The highest BCUT2D eigenvalue weighted by molar-refractivity contribution is 7.88. The SMILES string of the molecule is CNS(=O)(=O)Cc1ccccc1CNC(=O)c1ccc(-c2ccc(Cl)cc2Cl)o1. The number of nitrogens with one attached hydrogen (secondary N) is 2. The van der Waals surface area contributed by atoms with Crippen LogP contribution in [-0.4, -0.2) is 21.4 Å². The third-order valence-electron chi connectivity index (χ3n) is 4.24. The molecule has 152 valence electrons. The minimum absolute atomic E-state index is 0.117. The smallest absolute Gasteiger partial charge is 0.287 e. The molecule has 0 aliphatic carbocycles. The standard InChI is InChI=1S/C20H18Cl2N2O4S/c1-23-29(26,27)12-14-5-3-2-4-13(14)11-24-20(25)19-9-8-18(28-19)16-7-6-15(21)10-17(16)22/h2-10,23H,11-12H2,1H3,(H,24,25). The summed E-state index contributed by atoms with van der Waals surface area (Å²) in [5, 5.41) is 3.66. The summed E-state index contributed by atoms with van der Waals surface area (Å²) >= 11 is 12.1. The first-order valence-corrected chi connectivity index (χ1v) is 11.0. The molecular weight excluding hydrogens is 435 g/mol. The van der Waals surface area contributed by atoms with E-state index >= 15 is 0 Å². The molecule has 0 aliphatic heterocycles. The molecule has 0 bridgehead atoms. The quantitative estimate of drug-likeness (QED) is 0.561. The highest BCUT2D eigenvalue weighted by atomic mass is 35.5. The second-order valence-electron chi connectivity index (χ2n) is 6.20. The Hall–Kier alpha value is -2.32. The molecule has 1 heterocycles. The van der Waals surface area contributed by atoms with E-state index in [2.05, 4.69) is 10.0 Å². The molecule has 0 aliphatic rings. The fourth-order valence-electron chi connectivity index (χ4n) is 2.70. The molecule has 29 heavy (non-hydrogen) atoms. The lowest BCUT2D eigenvalue weighted by atomic mass is 10.1. The Kier molecular flexibility index (Phi) is 6.64. The summed E-state index contributed by atoms with van der Waals surface area (Å²) in [4.78, 5) is 12.5. The van der Waals surface area contributed by atoms with Gasteiger partial charge < -0.3 is 9.73 Å². The van der Waals surface area contributed by atoms with E-state index < -0.39 is 15.9 Å². The predicted molar refractivity (Wildman–Crippen MR) is 113 cm³/mol. The van der Waals surface area contributed by atoms with Crippen LogP contribution >= 0.6 is 23.2 Å². The first kappa shape index (κ1) is 21.4. The number of carbonyl (C=O) groups is 1. The van der Waals surface area contributed by atoms with Crippen molar-refractivity contribution in [1.82, 2.24) is 10.0 Å². The maximum atomic E-state index is 12.5. The average molecular weight is 453 g/mol. The maximum Gasteiger partial charge on any atom is 0.287 e. The van der Waals surface area contributed by atoms with Gasteiger partial charge in [-0.2, -0.15) is 0 Å². The van der Waals surface area contributed by atoms with Gasteiger partial charge in [-0.05, 0) is 48.5 Å².